The number of carbonyl (C=O) groups excluding carboxylic acids is 1. The van der Waals surface area contributed by atoms with E-state index < -0.39 is 0 Å². The van der Waals surface area contributed by atoms with Crippen LogP contribution < -0.4 is 11.1 Å². The van der Waals surface area contributed by atoms with E-state index in [4.69, 9.17) is 17.3 Å². The van der Waals surface area contributed by atoms with Crippen molar-refractivity contribution in [1.29, 1.82) is 0 Å². The number of hydrogen-bond acceptors (Lipinski definition) is 3. The molecule has 17 heavy (non-hydrogen) atoms. The standard InChI is InChI=1S/C12H16ClN3O/c13-11-6-5-10(7-15-11)16-12(17)8-1-3-9(14)4-2-8/h5-9H,1-4,14H2,(H,16,17). The molecule has 0 saturated heterocycles. The predicted molar refractivity (Wildman–Crippen MR) is 67.8 cm³/mol. The number of nitrogens with one attached hydrogen (secondary N) is 1. The van der Waals surface area contributed by atoms with E-state index in [2.05, 4.69) is 10.3 Å². The largest absolute Gasteiger partial charge is 0.328 e. The molecule has 5 heteroatoms. The molecule has 0 spiro atoms. The number of rotatable bonds is 2. The number of anilines is 1. The Hall–Kier alpha value is -1.13. The van der Waals surface area contributed by atoms with E-state index in [1.54, 1.807) is 18.3 Å². The van der Waals surface area contributed by atoms with E-state index >= 15 is 0 Å². The molecule has 2 rings (SSSR count). The molecule has 0 atom stereocenters. The van der Waals surface area contributed by atoms with Gasteiger partial charge < -0.3 is 11.1 Å². The molecule has 1 aromatic rings. The third-order valence-corrected chi connectivity index (χ3v) is 3.36. The first kappa shape index (κ1) is 12.3. The van der Waals surface area contributed by atoms with Gasteiger partial charge in [-0.1, -0.05) is 11.6 Å². The molecule has 0 radical (unpaired) electrons. The molecule has 3 N–H and O–H groups in total. The zero-order valence-corrected chi connectivity index (χ0v) is 10.3. The molecule has 0 unspecified atom stereocenters. The van der Waals surface area contributed by atoms with Crippen LogP contribution in [0.4, 0.5) is 5.69 Å². The number of nitrogens with zero attached hydrogens (tertiary/aromatic N) is 1. The van der Waals surface area contributed by atoms with Gasteiger partial charge in [-0.05, 0) is 37.8 Å². The minimum atomic E-state index is 0.0565. The highest BCUT2D eigenvalue weighted by Crippen LogP contribution is 2.24. The number of amides is 1. The predicted octanol–water partition coefficient (Wildman–Crippen LogP) is 2.19. The van der Waals surface area contributed by atoms with Crippen LogP contribution in [0.3, 0.4) is 0 Å². The Morgan fingerprint density at radius 2 is 2.06 bits per heavy atom. The van der Waals surface area contributed by atoms with Crippen LogP contribution in [0.15, 0.2) is 18.3 Å². The summed E-state index contributed by atoms with van der Waals surface area (Å²) in [5.74, 6) is 0.131. The molecular formula is C12H16ClN3O. The van der Waals surface area contributed by atoms with Gasteiger partial charge >= 0.3 is 0 Å². The van der Waals surface area contributed by atoms with Crippen LogP contribution >= 0.6 is 11.6 Å². The Labute approximate surface area is 106 Å². The zero-order chi connectivity index (χ0) is 12.3. The van der Waals surface area contributed by atoms with Crippen molar-refractivity contribution in [3.8, 4) is 0 Å². The van der Waals surface area contributed by atoms with Crippen molar-refractivity contribution in [1.82, 2.24) is 4.98 Å². The second-order valence-electron chi connectivity index (χ2n) is 4.47. The molecule has 92 valence electrons. The third-order valence-electron chi connectivity index (χ3n) is 3.14. The smallest absolute Gasteiger partial charge is 0.227 e. The van der Waals surface area contributed by atoms with Crippen molar-refractivity contribution in [2.24, 2.45) is 11.7 Å². The van der Waals surface area contributed by atoms with Gasteiger partial charge in [-0.25, -0.2) is 4.98 Å². The fourth-order valence-corrected chi connectivity index (χ4v) is 2.19. The molecule has 1 saturated carbocycles. The zero-order valence-electron chi connectivity index (χ0n) is 9.53. The summed E-state index contributed by atoms with van der Waals surface area (Å²) in [7, 11) is 0. The Kier molecular flexibility index (Phi) is 3.97. The van der Waals surface area contributed by atoms with Gasteiger partial charge in [0, 0.05) is 12.0 Å². The maximum Gasteiger partial charge on any atom is 0.227 e. The van der Waals surface area contributed by atoms with Gasteiger partial charge in [0.25, 0.3) is 0 Å². The van der Waals surface area contributed by atoms with Gasteiger partial charge in [0.2, 0.25) is 5.91 Å². The topological polar surface area (TPSA) is 68.0 Å². The van der Waals surface area contributed by atoms with Crippen LogP contribution in [0.1, 0.15) is 25.7 Å². The number of pyridine rings is 1. The number of nitrogens with two attached hydrogens (primary N) is 1. The molecular weight excluding hydrogens is 238 g/mol. The minimum Gasteiger partial charge on any atom is -0.328 e. The van der Waals surface area contributed by atoms with Gasteiger partial charge in [0.1, 0.15) is 5.15 Å². The van der Waals surface area contributed by atoms with Crippen LogP contribution in [-0.4, -0.2) is 16.9 Å². The van der Waals surface area contributed by atoms with Crippen molar-refractivity contribution in [2.75, 3.05) is 5.32 Å². The summed E-state index contributed by atoms with van der Waals surface area (Å²) in [5, 5.41) is 3.28. The van der Waals surface area contributed by atoms with E-state index in [1.165, 1.54) is 0 Å². The fourth-order valence-electron chi connectivity index (χ4n) is 2.08. The number of carbonyl (C=O) groups is 1. The van der Waals surface area contributed by atoms with Crippen molar-refractivity contribution >= 4 is 23.2 Å². The average Bonchev–Trinajstić information content (AvgIpc) is 2.33. The fraction of sp³-hybridized carbons (Fsp3) is 0.500. The monoisotopic (exact) mass is 253 g/mol. The second kappa shape index (κ2) is 5.47. The summed E-state index contributed by atoms with van der Waals surface area (Å²) >= 11 is 5.68. The van der Waals surface area contributed by atoms with Gasteiger partial charge in [0.15, 0.2) is 0 Å². The third kappa shape index (κ3) is 3.41. The van der Waals surface area contributed by atoms with E-state index in [9.17, 15) is 4.79 Å². The van der Waals surface area contributed by atoms with Crippen LogP contribution in [0.5, 0.6) is 0 Å². The summed E-state index contributed by atoms with van der Waals surface area (Å²) in [6, 6.07) is 3.67. The van der Waals surface area contributed by atoms with Crippen LogP contribution in [-0.2, 0) is 4.79 Å². The Morgan fingerprint density at radius 1 is 1.35 bits per heavy atom. The molecule has 1 aliphatic rings. The summed E-state index contributed by atoms with van der Waals surface area (Å²) in [5.41, 5.74) is 6.50. The number of hydrogen-bond donors (Lipinski definition) is 2. The van der Waals surface area contributed by atoms with E-state index in [0.29, 0.717) is 10.8 Å². The lowest BCUT2D eigenvalue weighted by Gasteiger charge is -2.25. The quantitative estimate of drug-likeness (QED) is 0.794. The van der Waals surface area contributed by atoms with Gasteiger partial charge in [0.05, 0.1) is 11.9 Å². The molecule has 0 aliphatic heterocycles. The molecule has 1 aliphatic carbocycles. The van der Waals surface area contributed by atoms with Crippen LogP contribution in [0, 0.1) is 5.92 Å². The Bertz CT molecular complexity index is 385. The van der Waals surface area contributed by atoms with E-state index in [0.717, 1.165) is 25.7 Å². The lowest BCUT2D eigenvalue weighted by atomic mass is 9.86. The average molecular weight is 254 g/mol. The van der Waals surface area contributed by atoms with E-state index in [-0.39, 0.29) is 17.9 Å². The second-order valence-corrected chi connectivity index (χ2v) is 4.86. The normalized spacial score (nSPS) is 24.4. The summed E-state index contributed by atoms with van der Waals surface area (Å²) in [4.78, 5) is 15.9. The maximum absolute atomic E-state index is 11.9. The highest BCUT2D eigenvalue weighted by Gasteiger charge is 2.24. The van der Waals surface area contributed by atoms with Crippen molar-refractivity contribution in [3.05, 3.63) is 23.5 Å². The molecule has 1 fully saturated rings. The lowest BCUT2D eigenvalue weighted by Crippen LogP contribution is -2.32. The molecule has 0 bridgehead atoms. The van der Waals surface area contributed by atoms with Gasteiger partial charge in [-0.2, -0.15) is 0 Å². The minimum absolute atomic E-state index is 0.0565. The number of halogens is 1. The van der Waals surface area contributed by atoms with Gasteiger partial charge in [-0.15, -0.1) is 0 Å². The van der Waals surface area contributed by atoms with Crippen molar-refractivity contribution in [3.63, 3.8) is 0 Å². The first-order valence-corrected chi connectivity index (χ1v) is 6.21. The molecule has 0 aromatic carbocycles. The molecule has 1 amide bonds. The highest BCUT2D eigenvalue weighted by atomic mass is 35.5. The number of aromatic nitrogens is 1. The van der Waals surface area contributed by atoms with Crippen LogP contribution in [0.2, 0.25) is 5.15 Å². The first-order valence-electron chi connectivity index (χ1n) is 5.83. The molecule has 1 heterocycles. The summed E-state index contributed by atoms with van der Waals surface area (Å²) in [6.45, 7) is 0. The maximum atomic E-state index is 11.9. The Balaban J connectivity index is 1.90. The van der Waals surface area contributed by atoms with E-state index in [1.807, 2.05) is 0 Å². The highest BCUT2D eigenvalue weighted by molar-refractivity contribution is 6.29. The van der Waals surface area contributed by atoms with Gasteiger partial charge in [-0.3, -0.25) is 4.79 Å². The first-order chi connectivity index (χ1) is 8.15. The van der Waals surface area contributed by atoms with Crippen molar-refractivity contribution in [2.45, 2.75) is 31.7 Å². The Morgan fingerprint density at radius 3 is 2.65 bits per heavy atom. The van der Waals surface area contributed by atoms with Crippen LogP contribution in [0.25, 0.3) is 0 Å². The molecule has 4 nitrogen and oxygen atoms in total. The summed E-state index contributed by atoms with van der Waals surface area (Å²) < 4.78 is 0. The lowest BCUT2D eigenvalue weighted by molar-refractivity contribution is -0.120. The van der Waals surface area contributed by atoms with Crippen molar-refractivity contribution < 1.29 is 4.79 Å². The summed E-state index contributed by atoms with van der Waals surface area (Å²) in [6.07, 6.45) is 5.16. The molecule has 1 aromatic heterocycles. The SMILES string of the molecule is NC1CCC(C(=O)Nc2ccc(Cl)nc2)CC1.